The molecule has 0 aliphatic carbocycles. The topological polar surface area (TPSA) is 0 Å². The molecule has 1 aliphatic heterocycles. The molecular weight excluding hydrogens is 212 g/mol. The van der Waals surface area contributed by atoms with Crippen molar-refractivity contribution >= 4 is 11.8 Å². The van der Waals surface area contributed by atoms with E-state index in [2.05, 4.69) is 31.7 Å². The van der Waals surface area contributed by atoms with Gasteiger partial charge in [-0.25, -0.2) is 0 Å². The summed E-state index contributed by atoms with van der Waals surface area (Å²) in [6.07, 6.45) is 15.1. The van der Waals surface area contributed by atoms with E-state index in [0.717, 1.165) is 5.25 Å². The van der Waals surface area contributed by atoms with E-state index < -0.39 is 0 Å². The Morgan fingerprint density at radius 2 is 1.81 bits per heavy atom. The molecule has 0 aromatic heterocycles. The summed E-state index contributed by atoms with van der Waals surface area (Å²) in [6.45, 7) is 4.58. The Bertz CT molecular complexity index is 196. The molecule has 16 heavy (non-hydrogen) atoms. The molecule has 1 heteroatoms. The van der Waals surface area contributed by atoms with Crippen LogP contribution in [0.2, 0.25) is 0 Å². The lowest BCUT2D eigenvalue weighted by molar-refractivity contribution is 0.623. The Morgan fingerprint density at radius 1 is 1.06 bits per heavy atom. The molecule has 0 saturated heterocycles. The summed E-state index contributed by atoms with van der Waals surface area (Å²) in [5.74, 6) is 1.28. The Kier molecular flexibility index (Phi) is 8.10. The molecule has 0 N–H and O–H groups in total. The predicted molar refractivity (Wildman–Crippen MR) is 77.2 cm³/mol. The van der Waals surface area contributed by atoms with E-state index in [1.165, 1.54) is 63.5 Å². The minimum absolute atomic E-state index is 0.883. The van der Waals surface area contributed by atoms with Gasteiger partial charge >= 0.3 is 0 Å². The molecule has 0 radical (unpaired) electrons. The molecule has 1 aliphatic rings. The normalized spacial score (nSPS) is 20.1. The van der Waals surface area contributed by atoms with Gasteiger partial charge in [-0.2, -0.15) is 0 Å². The van der Waals surface area contributed by atoms with Crippen LogP contribution >= 0.6 is 11.8 Å². The summed E-state index contributed by atoms with van der Waals surface area (Å²) >= 11 is 2.17. The number of hydrogen-bond donors (Lipinski definition) is 0. The van der Waals surface area contributed by atoms with E-state index >= 15 is 0 Å². The summed E-state index contributed by atoms with van der Waals surface area (Å²) in [7, 11) is 0. The summed E-state index contributed by atoms with van der Waals surface area (Å²) in [4.78, 5) is 0. The van der Waals surface area contributed by atoms with Crippen LogP contribution in [0.15, 0.2) is 11.6 Å². The first kappa shape index (κ1) is 14.2. The molecule has 1 atom stereocenters. The van der Waals surface area contributed by atoms with Gasteiger partial charge in [-0.3, -0.25) is 0 Å². The summed E-state index contributed by atoms with van der Waals surface area (Å²) in [5.41, 5.74) is 1.77. The van der Waals surface area contributed by atoms with E-state index in [4.69, 9.17) is 0 Å². The molecule has 0 saturated carbocycles. The van der Waals surface area contributed by atoms with Crippen LogP contribution in [0.3, 0.4) is 0 Å². The minimum atomic E-state index is 0.883. The predicted octanol–water partition coefficient (Wildman–Crippen LogP) is 5.58. The molecule has 0 aromatic rings. The van der Waals surface area contributed by atoms with Gasteiger partial charge in [0.15, 0.2) is 0 Å². The highest BCUT2D eigenvalue weighted by atomic mass is 32.2. The SMILES string of the molecule is CCCCCCC1SCC=C1CCCCC. The van der Waals surface area contributed by atoms with Crippen molar-refractivity contribution in [1.29, 1.82) is 0 Å². The van der Waals surface area contributed by atoms with Gasteiger partial charge < -0.3 is 0 Å². The third-order valence-electron chi connectivity index (χ3n) is 3.45. The standard InChI is InChI=1S/C15H28S/c1-3-5-7-9-11-15-14(12-13-16-15)10-8-6-4-2/h12,15H,3-11,13H2,1-2H3. The molecule has 0 spiro atoms. The van der Waals surface area contributed by atoms with Crippen LogP contribution in [0.4, 0.5) is 0 Å². The third-order valence-corrected chi connectivity index (χ3v) is 4.75. The van der Waals surface area contributed by atoms with Gasteiger partial charge in [0.05, 0.1) is 0 Å². The van der Waals surface area contributed by atoms with Gasteiger partial charge in [0, 0.05) is 11.0 Å². The molecule has 1 unspecified atom stereocenters. The Labute approximate surface area is 106 Å². The zero-order valence-electron chi connectivity index (χ0n) is 11.1. The molecule has 0 nitrogen and oxygen atoms in total. The van der Waals surface area contributed by atoms with E-state index in [1.807, 2.05) is 0 Å². The Balaban J connectivity index is 2.13. The van der Waals surface area contributed by atoms with Crippen molar-refractivity contribution in [3.8, 4) is 0 Å². The van der Waals surface area contributed by atoms with Crippen molar-refractivity contribution < 1.29 is 0 Å². The second kappa shape index (κ2) is 9.15. The molecule has 0 fully saturated rings. The van der Waals surface area contributed by atoms with Gasteiger partial charge in [0.1, 0.15) is 0 Å². The van der Waals surface area contributed by atoms with Gasteiger partial charge in [-0.15, -0.1) is 11.8 Å². The number of thioether (sulfide) groups is 1. The molecule has 0 amide bonds. The molecule has 94 valence electrons. The molecule has 0 bridgehead atoms. The van der Waals surface area contributed by atoms with Gasteiger partial charge in [0.25, 0.3) is 0 Å². The van der Waals surface area contributed by atoms with Crippen molar-refractivity contribution in [3.05, 3.63) is 11.6 Å². The van der Waals surface area contributed by atoms with Crippen LogP contribution in [-0.2, 0) is 0 Å². The number of unbranched alkanes of at least 4 members (excludes halogenated alkanes) is 5. The largest absolute Gasteiger partial charge is 0.150 e. The quantitative estimate of drug-likeness (QED) is 0.374. The first-order valence-electron chi connectivity index (χ1n) is 7.19. The zero-order chi connectivity index (χ0) is 11.6. The zero-order valence-corrected chi connectivity index (χ0v) is 12.0. The van der Waals surface area contributed by atoms with Crippen LogP contribution in [0.25, 0.3) is 0 Å². The van der Waals surface area contributed by atoms with Crippen molar-refractivity contribution in [3.63, 3.8) is 0 Å². The lowest BCUT2D eigenvalue weighted by atomic mass is 10.00. The van der Waals surface area contributed by atoms with E-state index in [1.54, 1.807) is 5.57 Å². The van der Waals surface area contributed by atoms with Crippen LogP contribution in [-0.4, -0.2) is 11.0 Å². The van der Waals surface area contributed by atoms with E-state index in [-0.39, 0.29) is 0 Å². The summed E-state index contributed by atoms with van der Waals surface area (Å²) in [6, 6.07) is 0. The molecule has 0 aromatic carbocycles. The number of rotatable bonds is 9. The fraction of sp³-hybridized carbons (Fsp3) is 0.867. The fourth-order valence-corrected chi connectivity index (χ4v) is 3.68. The summed E-state index contributed by atoms with van der Waals surface area (Å²) in [5, 5.41) is 0.883. The second-order valence-corrected chi connectivity index (χ2v) is 6.14. The second-order valence-electron chi connectivity index (χ2n) is 4.91. The average molecular weight is 240 g/mol. The van der Waals surface area contributed by atoms with Crippen LogP contribution in [0.1, 0.15) is 71.6 Å². The molecule has 1 rings (SSSR count). The van der Waals surface area contributed by atoms with Gasteiger partial charge in [-0.1, -0.05) is 64.0 Å². The highest BCUT2D eigenvalue weighted by molar-refractivity contribution is 8.00. The lowest BCUT2D eigenvalue weighted by Gasteiger charge is -2.14. The summed E-state index contributed by atoms with van der Waals surface area (Å²) < 4.78 is 0. The smallest absolute Gasteiger partial charge is 0.0259 e. The van der Waals surface area contributed by atoms with Crippen LogP contribution in [0.5, 0.6) is 0 Å². The van der Waals surface area contributed by atoms with Crippen molar-refractivity contribution in [2.75, 3.05) is 5.75 Å². The third kappa shape index (κ3) is 5.43. The van der Waals surface area contributed by atoms with Crippen molar-refractivity contribution in [1.82, 2.24) is 0 Å². The molecular formula is C15H28S. The van der Waals surface area contributed by atoms with E-state index in [9.17, 15) is 0 Å². The average Bonchev–Trinajstić information content (AvgIpc) is 2.73. The lowest BCUT2D eigenvalue weighted by Crippen LogP contribution is -2.03. The number of hydrogen-bond acceptors (Lipinski definition) is 1. The first-order valence-corrected chi connectivity index (χ1v) is 8.23. The highest BCUT2D eigenvalue weighted by Gasteiger charge is 2.18. The van der Waals surface area contributed by atoms with E-state index in [0.29, 0.717) is 0 Å². The minimum Gasteiger partial charge on any atom is -0.150 e. The highest BCUT2D eigenvalue weighted by Crippen LogP contribution is 2.34. The van der Waals surface area contributed by atoms with Crippen molar-refractivity contribution in [2.24, 2.45) is 0 Å². The fourth-order valence-electron chi connectivity index (χ4n) is 2.38. The maximum atomic E-state index is 2.50. The van der Waals surface area contributed by atoms with Crippen molar-refractivity contribution in [2.45, 2.75) is 76.9 Å². The Morgan fingerprint density at radius 3 is 2.56 bits per heavy atom. The molecule has 1 heterocycles. The Hall–Kier alpha value is 0.0900. The van der Waals surface area contributed by atoms with Crippen LogP contribution in [0, 0.1) is 0 Å². The first-order chi connectivity index (χ1) is 7.88. The maximum Gasteiger partial charge on any atom is 0.0259 e. The van der Waals surface area contributed by atoms with Gasteiger partial charge in [-0.05, 0) is 19.3 Å². The van der Waals surface area contributed by atoms with Gasteiger partial charge in [0.2, 0.25) is 0 Å². The monoisotopic (exact) mass is 240 g/mol. The van der Waals surface area contributed by atoms with Crippen LogP contribution < -0.4 is 0 Å². The maximum absolute atomic E-state index is 2.50.